The van der Waals surface area contributed by atoms with E-state index in [2.05, 4.69) is 12.2 Å². The van der Waals surface area contributed by atoms with E-state index in [9.17, 15) is 14.4 Å². The maximum atomic E-state index is 12.1. The standard InChI is InChI=1S/C16H29N3O3/c1-3-5-11-19(10-4-2)16(22)15(21)17-9-7-13-18-12-6-8-14(18)20/h3-13H2,1-2H3,(H,17,21). The first kappa shape index (κ1) is 18.5. The van der Waals surface area contributed by atoms with Gasteiger partial charge in [-0.1, -0.05) is 20.3 Å². The van der Waals surface area contributed by atoms with Crippen LogP contribution in [0.15, 0.2) is 0 Å². The number of nitrogens with one attached hydrogen (secondary N) is 1. The van der Waals surface area contributed by atoms with Gasteiger partial charge in [-0.25, -0.2) is 0 Å². The average molecular weight is 311 g/mol. The van der Waals surface area contributed by atoms with Gasteiger partial charge in [-0.2, -0.15) is 0 Å². The number of amides is 3. The summed E-state index contributed by atoms with van der Waals surface area (Å²) in [6.45, 7) is 7.22. The largest absolute Gasteiger partial charge is 0.348 e. The first-order valence-electron chi connectivity index (χ1n) is 8.45. The Morgan fingerprint density at radius 3 is 2.55 bits per heavy atom. The van der Waals surface area contributed by atoms with E-state index in [4.69, 9.17) is 0 Å². The second-order valence-corrected chi connectivity index (χ2v) is 5.74. The predicted octanol–water partition coefficient (Wildman–Crippen LogP) is 1.15. The van der Waals surface area contributed by atoms with Crippen LogP contribution in [0.1, 0.15) is 52.4 Å². The van der Waals surface area contributed by atoms with Gasteiger partial charge in [0.25, 0.3) is 0 Å². The molecule has 1 aliphatic rings. The van der Waals surface area contributed by atoms with Crippen LogP contribution >= 0.6 is 0 Å². The molecular formula is C16H29N3O3. The van der Waals surface area contributed by atoms with E-state index in [1.165, 1.54) is 0 Å². The second-order valence-electron chi connectivity index (χ2n) is 5.74. The summed E-state index contributed by atoms with van der Waals surface area (Å²) in [6, 6.07) is 0. The third-order valence-electron chi connectivity index (χ3n) is 3.82. The fourth-order valence-electron chi connectivity index (χ4n) is 2.57. The summed E-state index contributed by atoms with van der Waals surface area (Å²) in [4.78, 5) is 38.9. The molecule has 22 heavy (non-hydrogen) atoms. The Morgan fingerprint density at radius 2 is 1.95 bits per heavy atom. The highest BCUT2D eigenvalue weighted by molar-refractivity contribution is 6.34. The van der Waals surface area contributed by atoms with Crippen molar-refractivity contribution < 1.29 is 14.4 Å². The molecule has 0 aromatic carbocycles. The number of hydrogen-bond donors (Lipinski definition) is 1. The molecule has 3 amide bonds. The third kappa shape index (κ3) is 6.03. The van der Waals surface area contributed by atoms with Gasteiger partial charge in [0.1, 0.15) is 0 Å². The van der Waals surface area contributed by atoms with E-state index in [1.807, 2.05) is 11.8 Å². The molecule has 1 N–H and O–H groups in total. The monoisotopic (exact) mass is 311 g/mol. The quantitative estimate of drug-likeness (QED) is 0.513. The third-order valence-corrected chi connectivity index (χ3v) is 3.82. The first-order chi connectivity index (χ1) is 10.6. The van der Waals surface area contributed by atoms with Gasteiger partial charge in [-0.05, 0) is 25.7 Å². The highest BCUT2D eigenvalue weighted by Crippen LogP contribution is 2.09. The van der Waals surface area contributed by atoms with Crippen molar-refractivity contribution in [1.82, 2.24) is 15.1 Å². The Labute approximate surface area is 133 Å². The molecule has 126 valence electrons. The number of hydrogen-bond acceptors (Lipinski definition) is 3. The number of carbonyl (C=O) groups is 3. The summed E-state index contributed by atoms with van der Waals surface area (Å²) < 4.78 is 0. The van der Waals surface area contributed by atoms with Gasteiger partial charge in [0.05, 0.1) is 0 Å². The van der Waals surface area contributed by atoms with Crippen molar-refractivity contribution in [3.05, 3.63) is 0 Å². The summed E-state index contributed by atoms with van der Waals surface area (Å²) in [5, 5.41) is 2.67. The molecule has 0 saturated carbocycles. The zero-order chi connectivity index (χ0) is 16.4. The van der Waals surface area contributed by atoms with Crippen LogP contribution in [-0.2, 0) is 14.4 Å². The number of likely N-dealkylation sites (tertiary alicyclic amines) is 1. The molecule has 6 nitrogen and oxygen atoms in total. The Morgan fingerprint density at radius 1 is 1.18 bits per heavy atom. The highest BCUT2D eigenvalue weighted by atomic mass is 16.2. The lowest BCUT2D eigenvalue weighted by atomic mass is 10.3. The van der Waals surface area contributed by atoms with Crippen LogP contribution in [-0.4, -0.2) is 60.2 Å². The maximum Gasteiger partial charge on any atom is 0.311 e. The fourth-order valence-corrected chi connectivity index (χ4v) is 2.57. The van der Waals surface area contributed by atoms with E-state index >= 15 is 0 Å². The van der Waals surface area contributed by atoms with Gasteiger partial charge in [0, 0.05) is 39.1 Å². The number of rotatable bonds is 9. The van der Waals surface area contributed by atoms with E-state index in [-0.39, 0.29) is 5.91 Å². The molecule has 1 rings (SSSR count). The van der Waals surface area contributed by atoms with Crippen molar-refractivity contribution in [3.8, 4) is 0 Å². The van der Waals surface area contributed by atoms with Crippen molar-refractivity contribution in [1.29, 1.82) is 0 Å². The average Bonchev–Trinajstić information content (AvgIpc) is 2.92. The van der Waals surface area contributed by atoms with Crippen molar-refractivity contribution in [3.63, 3.8) is 0 Å². The van der Waals surface area contributed by atoms with Crippen molar-refractivity contribution in [2.75, 3.05) is 32.7 Å². The number of nitrogens with zero attached hydrogens (tertiary/aromatic N) is 2. The number of unbranched alkanes of at least 4 members (excludes halogenated alkanes) is 1. The van der Waals surface area contributed by atoms with E-state index in [1.54, 1.807) is 4.90 Å². The summed E-state index contributed by atoms with van der Waals surface area (Å²) in [7, 11) is 0. The Kier molecular flexibility index (Phi) is 8.55. The van der Waals surface area contributed by atoms with Crippen LogP contribution in [0.2, 0.25) is 0 Å². The minimum absolute atomic E-state index is 0.191. The van der Waals surface area contributed by atoms with Crippen LogP contribution in [0.4, 0.5) is 0 Å². The van der Waals surface area contributed by atoms with Crippen LogP contribution < -0.4 is 5.32 Å². The zero-order valence-electron chi connectivity index (χ0n) is 13.9. The molecular weight excluding hydrogens is 282 g/mol. The minimum atomic E-state index is -0.530. The Hall–Kier alpha value is -1.59. The smallest absolute Gasteiger partial charge is 0.311 e. The van der Waals surface area contributed by atoms with Crippen molar-refractivity contribution >= 4 is 17.7 Å². The molecule has 1 saturated heterocycles. The van der Waals surface area contributed by atoms with Gasteiger partial charge in [-0.15, -0.1) is 0 Å². The van der Waals surface area contributed by atoms with Crippen LogP contribution in [0, 0.1) is 0 Å². The van der Waals surface area contributed by atoms with Crippen LogP contribution in [0.5, 0.6) is 0 Å². The van der Waals surface area contributed by atoms with Gasteiger partial charge in [-0.3, -0.25) is 14.4 Å². The second kappa shape index (κ2) is 10.2. The molecule has 0 radical (unpaired) electrons. The Bertz CT molecular complexity index is 385. The first-order valence-corrected chi connectivity index (χ1v) is 8.45. The minimum Gasteiger partial charge on any atom is -0.348 e. The summed E-state index contributed by atoms with van der Waals surface area (Å²) in [5.41, 5.74) is 0. The molecule has 6 heteroatoms. The molecule has 0 unspecified atom stereocenters. The van der Waals surface area contributed by atoms with E-state index in [0.717, 1.165) is 32.2 Å². The van der Waals surface area contributed by atoms with Crippen LogP contribution in [0.25, 0.3) is 0 Å². The normalized spacial score (nSPS) is 14.3. The van der Waals surface area contributed by atoms with Crippen molar-refractivity contribution in [2.24, 2.45) is 0 Å². The SMILES string of the molecule is CCCCN(CCC)C(=O)C(=O)NCCCN1CCCC1=O. The maximum absolute atomic E-state index is 12.1. The Balaban J connectivity index is 2.26. The van der Waals surface area contributed by atoms with Gasteiger partial charge in [0.2, 0.25) is 5.91 Å². The zero-order valence-corrected chi connectivity index (χ0v) is 13.9. The van der Waals surface area contributed by atoms with Crippen LogP contribution in [0.3, 0.4) is 0 Å². The molecule has 0 spiro atoms. The van der Waals surface area contributed by atoms with E-state index < -0.39 is 11.8 Å². The van der Waals surface area contributed by atoms with Gasteiger partial charge in [0.15, 0.2) is 0 Å². The predicted molar refractivity (Wildman–Crippen MR) is 85.2 cm³/mol. The van der Waals surface area contributed by atoms with Crippen molar-refractivity contribution in [2.45, 2.75) is 52.4 Å². The molecule has 1 aliphatic heterocycles. The molecule has 1 fully saturated rings. The summed E-state index contributed by atoms with van der Waals surface area (Å²) in [6.07, 6.45) is 5.00. The highest BCUT2D eigenvalue weighted by Gasteiger charge is 2.21. The summed E-state index contributed by atoms with van der Waals surface area (Å²) in [5.74, 6) is -0.777. The molecule has 0 aliphatic carbocycles. The van der Waals surface area contributed by atoms with E-state index in [0.29, 0.717) is 39.0 Å². The lowest BCUT2D eigenvalue weighted by molar-refractivity contribution is -0.146. The van der Waals surface area contributed by atoms with Gasteiger partial charge >= 0.3 is 11.8 Å². The lowest BCUT2D eigenvalue weighted by Gasteiger charge is -2.21. The summed E-state index contributed by atoms with van der Waals surface area (Å²) >= 11 is 0. The molecule has 1 heterocycles. The fraction of sp³-hybridized carbons (Fsp3) is 0.812. The number of carbonyl (C=O) groups excluding carboxylic acids is 3. The van der Waals surface area contributed by atoms with Gasteiger partial charge < -0.3 is 15.1 Å². The lowest BCUT2D eigenvalue weighted by Crippen LogP contribution is -2.44. The molecule has 0 atom stereocenters. The molecule has 0 bridgehead atoms. The molecule has 0 aromatic heterocycles. The topological polar surface area (TPSA) is 69.7 Å². The molecule has 0 aromatic rings.